The molecule has 0 aromatic carbocycles. The van der Waals surface area contributed by atoms with Crippen molar-refractivity contribution in [3.05, 3.63) is 0 Å². The van der Waals surface area contributed by atoms with Crippen molar-refractivity contribution in [2.75, 3.05) is 39.5 Å². The summed E-state index contributed by atoms with van der Waals surface area (Å²) in [6.45, 7) is 1.33. The number of likely N-dealkylation sites (tertiary alicyclic amines) is 1. The van der Waals surface area contributed by atoms with Crippen LogP contribution in [0.15, 0.2) is 4.99 Å². The van der Waals surface area contributed by atoms with E-state index in [2.05, 4.69) is 41.4 Å². The number of nitrogens with one attached hydrogen (secondary N) is 6. The molecule has 0 saturated carbocycles. The third-order valence-electron chi connectivity index (χ3n) is 8.69. The second kappa shape index (κ2) is 23.0. The minimum Gasteiger partial charge on any atom is -0.394 e. The van der Waals surface area contributed by atoms with E-state index < -0.39 is 105 Å². The topological polar surface area (TPSA) is 367 Å². The molecule has 0 aliphatic carbocycles. The van der Waals surface area contributed by atoms with Gasteiger partial charge in [-0.15, -0.1) is 0 Å². The molecule has 6 amide bonds. The average Bonchev–Trinajstić information content (AvgIpc) is 3.84. The van der Waals surface area contributed by atoms with E-state index in [0.29, 0.717) is 32.1 Å². The summed E-state index contributed by atoms with van der Waals surface area (Å²) in [5.41, 5.74) is 10.7. The lowest BCUT2D eigenvalue weighted by atomic mass is 10.0. The number of carbonyl (C=O) groups excluding carboxylic acids is 7. The number of nitrogens with zero attached hydrogens (tertiary/aromatic N) is 2. The maximum atomic E-state index is 13.6. The van der Waals surface area contributed by atoms with E-state index in [9.17, 15) is 58.1 Å². The second-order valence-corrected chi connectivity index (χ2v) is 14.8. The Morgan fingerprint density at radius 1 is 0.873 bits per heavy atom. The highest BCUT2D eigenvalue weighted by Crippen LogP contribution is 2.35. The van der Waals surface area contributed by atoms with Crippen molar-refractivity contribution in [1.29, 1.82) is 0 Å². The van der Waals surface area contributed by atoms with Crippen LogP contribution in [0.4, 0.5) is 0 Å². The van der Waals surface area contributed by atoms with Crippen LogP contribution in [0.5, 0.6) is 0 Å². The second-order valence-electron chi connectivity index (χ2n) is 13.6. The molecule has 24 heteroatoms. The van der Waals surface area contributed by atoms with Crippen LogP contribution in [-0.4, -0.2) is 154 Å². The smallest absolute Gasteiger partial charge is 0.394 e. The van der Waals surface area contributed by atoms with E-state index in [0.717, 1.165) is 11.3 Å². The molecule has 0 radical (unpaired) electrons. The average molecular weight is 807 g/mol. The number of aliphatic hydroxyl groups excluding tert-OH is 2. The first-order valence-electron chi connectivity index (χ1n) is 17.9. The molecule has 0 bridgehead atoms. The summed E-state index contributed by atoms with van der Waals surface area (Å²) in [4.78, 5) is 114. The number of aliphatic imine (C=N–C) groups is 1. The molecule has 312 valence electrons. The van der Waals surface area contributed by atoms with Gasteiger partial charge < -0.3 is 73.1 Å². The molecule has 0 unspecified atom stereocenters. The Labute approximate surface area is 317 Å². The van der Waals surface area contributed by atoms with Crippen LogP contribution in [0.1, 0.15) is 58.8 Å². The van der Waals surface area contributed by atoms with Crippen molar-refractivity contribution in [3.8, 4) is 0 Å². The summed E-state index contributed by atoms with van der Waals surface area (Å²) in [7, 11) is -5.21. The van der Waals surface area contributed by atoms with Gasteiger partial charge in [0, 0.05) is 13.1 Å². The third kappa shape index (κ3) is 16.2. The molecule has 55 heavy (non-hydrogen) atoms. The standard InChI is InChI=1S/C31H55N10O13P/c1-17(2)12-21(27(47)40-24(16-54-55(51,52)53)29(49)39-23(15-44)30(50)41-11-5-6-18(41)13-42)37-28(48)22(14-43)38-26(46)20(8-4-10-35-31(32)33)36-25(45)19-7-3-9-34-19/h13,17-24,34,43-44H,3-12,14-16H2,1-2H3,(H,36,45)(H,37,48)(H,38,46)(H,39,49)(H,40,47)(H4,32,33,35)(H2,51,52,53)/t18-,19-,20-,21-,22-,23-,24-/m0/s1. The predicted octanol–water partition coefficient (Wildman–Crippen LogP) is -5.45. The molecule has 0 aromatic heterocycles. The maximum absolute atomic E-state index is 13.6. The fourth-order valence-corrected chi connectivity index (χ4v) is 6.23. The van der Waals surface area contributed by atoms with Crippen LogP contribution in [0.2, 0.25) is 0 Å². The van der Waals surface area contributed by atoms with E-state index in [1.807, 2.05) is 0 Å². The van der Waals surface area contributed by atoms with Gasteiger partial charge in [-0.2, -0.15) is 0 Å². The van der Waals surface area contributed by atoms with Crippen molar-refractivity contribution in [2.45, 2.75) is 101 Å². The largest absolute Gasteiger partial charge is 0.469 e. The number of hydrogen-bond acceptors (Lipinski definition) is 13. The van der Waals surface area contributed by atoms with Crippen LogP contribution in [0.25, 0.3) is 0 Å². The van der Waals surface area contributed by atoms with E-state index in [1.54, 1.807) is 13.8 Å². The summed E-state index contributed by atoms with van der Waals surface area (Å²) in [6, 6.07) is -9.06. The zero-order valence-electron chi connectivity index (χ0n) is 30.8. The molecule has 2 saturated heterocycles. The van der Waals surface area contributed by atoms with Gasteiger partial charge in [0.25, 0.3) is 0 Å². The van der Waals surface area contributed by atoms with Crippen LogP contribution >= 0.6 is 7.82 Å². The van der Waals surface area contributed by atoms with Gasteiger partial charge in [0.1, 0.15) is 36.5 Å². The van der Waals surface area contributed by atoms with Crippen LogP contribution in [0.3, 0.4) is 0 Å². The highest BCUT2D eigenvalue weighted by atomic mass is 31.2. The Hall–Kier alpha value is -4.25. The number of aldehydes is 1. The first kappa shape index (κ1) is 46.9. The fourth-order valence-electron chi connectivity index (χ4n) is 5.89. The van der Waals surface area contributed by atoms with Gasteiger partial charge in [-0.3, -0.25) is 38.3 Å². The van der Waals surface area contributed by atoms with Crippen molar-refractivity contribution < 1.29 is 62.7 Å². The monoisotopic (exact) mass is 806 g/mol. The molecule has 0 aromatic rings. The predicted molar refractivity (Wildman–Crippen MR) is 193 cm³/mol. The molecule has 2 rings (SSSR count). The van der Waals surface area contributed by atoms with Crippen molar-refractivity contribution in [3.63, 3.8) is 0 Å². The van der Waals surface area contributed by atoms with Gasteiger partial charge in [0.15, 0.2) is 5.96 Å². The number of carbonyl (C=O) groups is 7. The number of phosphoric ester groups is 1. The van der Waals surface area contributed by atoms with Crippen LogP contribution in [0, 0.1) is 5.92 Å². The molecule has 0 spiro atoms. The van der Waals surface area contributed by atoms with Gasteiger partial charge in [0.05, 0.1) is 31.9 Å². The van der Waals surface area contributed by atoms with E-state index in [-0.39, 0.29) is 44.2 Å². The first-order chi connectivity index (χ1) is 25.9. The summed E-state index contributed by atoms with van der Waals surface area (Å²) in [5, 5.41) is 34.8. The lowest BCUT2D eigenvalue weighted by Gasteiger charge is -2.28. The van der Waals surface area contributed by atoms with E-state index in [4.69, 9.17) is 11.5 Å². The van der Waals surface area contributed by atoms with Crippen molar-refractivity contribution >= 4 is 55.5 Å². The zero-order valence-corrected chi connectivity index (χ0v) is 31.7. The molecule has 2 aliphatic rings. The lowest BCUT2D eigenvalue weighted by Crippen LogP contribution is -2.61. The molecule has 7 atom stereocenters. The van der Waals surface area contributed by atoms with Crippen molar-refractivity contribution in [1.82, 2.24) is 36.8 Å². The molecular formula is C31H55N10O13P. The number of guanidine groups is 1. The third-order valence-corrected chi connectivity index (χ3v) is 9.18. The van der Waals surface area contributed by atoms with Crippen molar-refractivity contribution in [2.24, 2.45) is 22.4 Å². The van der Waals surface area contributed by atoms with Crippen LogP contribution in [-0.2, 0) is 42.7 Å². The summed E-state index contributed by atoms with van der Waals surface area (Å²) >= 11 is 0. The van der Waals surface area contributed by atoms with Gasteiger partial charge in [-0.05, 0) is 57.4 Å². The number of rotatable bonds is 23. The fraction of sp³-hybridized carbons (Fsp3) is 0.742. The maximum Gasteiger partial charge on any atom is 0.469 e. The Kier molecular flexibility index (Phi) is 19.6. The van der Waals surface area contributed by atoms with Gasteiger partial charge >= 0.3 is 7.82 Å². The van der Waals surface area contributed by atoms with E-state index >= 15 is 0 Å². The molecule has 14 N–H and O–H groups in total. The summed E-state index contributed by atoms with van der Waals surface area (Å²) in [5.74, 6) is -5.83. The molecule has 2 aliphatic heterocycles. The Morgan fingerprint density at radius 3 is 2.02 bits per heavy atom. The quantitative estimate of drug-likeness (QED) is 0.0151. The minimum atomic E-state index is -5.21. The number of aliphatic hydroxyl groups is 2. The van der Waals surface area contributed by atoms with Gasteiger partial charge in [-0.25, -0.2) is 4.57 Å². The SMILES string of the molecule is CC(C)C[C@H](NC(=O)[C@H](CO)NC(=O)[C@H](CCCN=C(N)N)NC(=O)[C@@H]1CCCN1)C(=O)N[C@@H](COP(=O)(O)O)C(=O)N[C@@H](CO)C(=O)N1CCC[C@H]1C=O. The Bertz CT molecular complexity index is 1420. The molecule has 23 nitrogen and oxygen atoms in total. The number of hydrogen-bond donors (Lipinski definition) is 12. The molecular weight excluding hydrogens is 751 g/mol. The highest BCUT2D eigenvalue weighted by Gasteiger charge is 2.37. The molecule has 2 fully saturated rings. The summed E-state index contributed by atoms with van der Waals surface area (Å²) in [6.07, 6.45) is 2.95. The highest BCUT2D eigenvalue weighted by molar-refractivity contribution is 7.46. The number of phosphoric acid groups is 1. The van der Waals surface area contributed by atoms with Crippen LogP contribution < -0.4 is 43.4 Å². The summed E-state index contributed by atoms with van der Waals surface area (Å²) < 4.78 is 16.0. The Balaban J connectivity index is 2.22. The normalized spacial score (nSPS) is 19.7. The van der Waals surface area contributed by atoms with Gasteiger partial charge in [-0.1, -0.05) is 13.8 Å². The Morgan fingerprint density at radius 2 is 1.45 bits per heavy atom. The number of amides is 6. The minimum absolute atomic E-state index is 0.0534. The molecule has 2 heterocycles. The lowest BCUT2D eigenvalue weighted by molar-refractivity contribution is -0.140. The van der Waals surface area contributed by atoms with Gasteiger partial charge in [0.2, 0.25) is 35.4 Å². The first-order valence-corrected chi connectivity index (χ1v) is 19.4. The van der Waals surface area contributed by atoms with E-state index in [1.165, 1.54) is 0 Å². The number of nitrogens with two attached hydrogens (primary N) is 2. The zero-order chi connectivity index (χ0) is 41.3.